The van der Waals surface area contributed by atoms with Crippen LogP contribution in [0.25, 0.3) is 0 Å². The largest absolute Gasteiger partial charge is 0.370 e. The summed E-state index contributed by atoms with van der Waals surface area (Å²) in [6, 6.07) is 0. The molecule has 0 rings (SSSR count). The Hall–Kier alpha value is -1.24. The zero-order chi connectivity index (χ0) is 9.94. The summed E-state index contributed by atoms with van der Waals surface area (Å²) < 4.78 is 0. The molecule has 0 fully saturated rings. The summed E-state index contributed by atoms with van der Waals surface area (Å²) in [4.78, 5) is 2.14. The predicted octanol–water partition coefficient (Wildman–Crippen LogP) is 1.68. The maximum Gasteiger partial charge on any atom is 0.0431 e. The van der Waals surface area contributed by atoms with Crippen LogP contribution in [-0.2, 0) is 0 Å². The van der Waals surface area contributed by atoms with Gasteiger partial charge in [-0.3, -0.25) is 0 Å². The summed E-state index contributed by atoms with van der Waals surface area (Å²) in [5, 5.41) is 0. The molecule has 0 aromatic rings. The minimum absolute atomic E-state index is 0.598. The van der Waals surface area contributed by atoms with Gasteiger partial charge in [0, 0.05) is 19.6 Å². The summed E-state index contributed by atoms with van der Waals surface area (Å²) in [5.41, 5.74) is 8.08. The Kier molecular flexibility index (Phi) is 8.01. The number of hydrogen-bond acceptors (Lipinski definition) is 2. The fraction of sp³-hybridized carbons (Fsp3) is 0.364. The standard InChI is InChI=1S/C11H18N2/c1-3-5-10-13(9-4-2)11-7-6-8-12/h4-7,9H,1,8,10-12H2,2H3/b7-6+,9-4?. The molecule has 0 atom stereocenters. The summed E-state index contributed by atoms with van der Waals surface area (Å²) >= 11 is 0. The maximum absolute atomic E-state index is 5.34. The Morgan fingerprint density at radius 3 is 2.69 bits per heavy atom. The molecule has 0 saturated carbocycles. The van der Waals surface area contributed by atoms with Crippen LogP contribution in [0.3, 0.4) is 0 Å². The molecule has 0 unspecified atom stereocenters. The molecule has 2 nitrogen and oxygen atoms in total. The molecule has 0 aromatic carbocycles. The van der Waals surface area contributed by atoms with E-state index in [0.717, 1.165) is 13.1 Å². The van der Waals surface area contributed by atoms with Crippen LogP contribution < -0.4 is 5.73 Å². The van der Waals surface area contributed by atoms with Gasteiger partial charge >= 0.3 is 0 Å². The molecule has 0 aromatic heterocycles. The first-order valence-corrected chi connectivity index (χ1v) is 4.41. The first kappa shape index (κ1) is 11.8. The van der Waals surface area contributed by atoms with E-state index in [1.54, 1.807) is 0 Å². The van der Waals surface area contributed by atoms with Gasteiger partial charge in [-0.2, -0.15) is 0 Å². The minimum atomic E-state index is 0.598. The van der Waals surface area contributed by atoms with Gasteiger partial charge in [0.2, 0.25) is 0 Å². The van der Waals surface area contributed by atoms with Crippen molar-refractivity contribution in [3.05, 3.63) is 42.8 Å². The third-order valence-electron chi connectivity index (χ3n) is 1.47. The van der Waals surface area contributed by atoms with E-state index in [1.807, 2.05) is 31.4 Å². The van der Waals surface area contributed by atoms with Crippen LogP contribution in [0.1, 0.15) is 6.92 Å². The van der Waals surface area contributed by atoms with Crippen LogP contribution in [0.2, 0.25) is 0 Å². The first-order chi connectivity index (χ1) is 6.35. The van der Waals surface area contributed by atoms with E-state index in [2.05, 4.69) is 23.3 Å². The van der Waals surface area contributed by atoms with Crippen LogP contribution in [0.4, 0.5) is 0 Å². The predicted molar refractivity (Wildman–Crippen MR) is 58.3 cm³/mol. The van der Waals surface area contributed by atoms with E-state index in [4.69, 9.17) is 5.73 Å². The normalized spacial score (nSPS) is 10.6. The van der Waals surface area contributed by atoms with Crippen molar-refractivity contribution in [1.82, 2.24) is 4.90 Å². The molecule has 0 spiro atoms. The van der Waals surface area contributed by atoms with Crippen LogP contribution in [0, 0.1) is 0 Å². The smallest absolute Gasteiger partial charge is 0.0431 e. The topological polar surface area (TPSA) is 29.3 Å². The van der Waals surface area contributed by atoms with E-state index < -0.39 is 0 Å². The summed E-state index contributed by atoms with van der Waals surface area (Å²) in [7, 11) is 0. The van der Waals surface area contributed by atoms with E-state index in [9.17, 15) is 0 Å². The Bertz CT molecular complexity index is 210. The lowest BCUT2D eigenvalue weighted by molar-refractivity contribution is 0.461. The van der Waals surface area contributed by atoms with Crippen molar-refractivity contribution in [3.63, 3.8) is 0 Å². The Balaban J connectivity index is 3.93. The molecule has 0 heterocycles. The summed E-state index contributed by atoms with van der Waals surface area (Å²) in [5.74, 6) is 0. The second kappa shape index (κ2) is 8.85. The van der Waals surface area contributed by atoms with Gasteiger partial charge in [0.1, 0.15) is 0 Å². The fourth-order valence-corrected chi connectivity index (χ4v) is 0.895. The number of hydrogen-bond donors (Lipinski definition) is 1. The Labute approximate surface area is 80.7 Å². The van der Waals surface area contributed by atoms with Crippen LogP contribution in [0.5, 0.6) is 0 Å². The van der Waals surface area contributed by atoms with E-state index in [-0.39, 0.29) is 0 Å². The second-order valence-electron chi connectivity index (χ2n) is 2.55. The highest BCUT2D eigenvalue weighted by Crippen LogP contribution is 1.91. The summed E-state index contributed by atoms with van der Waals surface area (Å²) in [6.07, 6.45) is 9.95. The average molecular weight is 178 g/mol. The third-order valence-corrected chi connectivity index (χ3v) is 1.47. The number of nitrogens with zero attached hydrogens (tertiary/aromatic N) is 1. The van der Waals surface area contributed by atoms with Gasteiger partial charge in [0.25, 0.3) is 0 Å². The highest BCUT2D eigenvalue weighted by molar-refractivity contribution is 4.93. The summed E-state index contributed by atoms with van der Waals surface area (Å²) in [6.45, 7) is 7.83. The number of nitrogens with two attached hydrogens (primary N) is 1. The van der Waals surface area contributed by atoms with Crippen molar-refractivity contribution >= 4 is 0 Å². The van der Waals surface area contributed by atoms with Gasteiger partial charge in [-0.05, 0) is 19.2 Å². The van der Waals surface area contributed by atoms with Crippen LogP contribution in [0.15, 0.2) is 42.8 Å². The Morgan fingerprint density at radius 2 is 2.15 bits per heavy atom. The van der Waals surface area contributed by atoms with Crippen molar-refractivity contribution in [1.29, 1.82) is 0 Å². The second-order valence-corrected chi connectivity index (χ2v) is 2.55. The molecule has 2 N–H and O–H groups in total. The SMILES string of the molecule is C=C=CCN(C=CC)C/C=C/CN. The number of rotatable bonds is 6. The molecule has 0 radical (unpaired) electrons. The highest BCUT2D eigenvalue weighted by Gasteiger charge is 1.90. The van der Waals surface area contributed by atoms with Gasteiger partial charge < -0.3 is 10.6 Å². The van der Waals surface area contributed by atoms with Crippen molar-refractivity contribution in [2.24, 2.45) is 5.73 Å². The lowest BCUT2D eigenvalue weighted by Gasteiger charge is -2.15. The van der Waals surface area contributed by atoms with E-state index in [1.165, 1.54) is 0 Å². The molecular weight excluding hydrogens is 160 g/mol. The van der Waals surface area contributed by atoms with Gasteiger partial charge in [0.15, 0.2) is 0 Å². The van der Waals surface area contributed by atoms with Gasteiger partial charge in [-0.1, -0.05) is 24.8 Å². The molecule has 0 saturated heterocycles. The van der Waals surface area contributed by atoms with Gasteiger partial charge in [0.05, 0.1) is 0 Å². The van der Waals surface area contributed by atoms with Crippen molar-refractivity contribution in [2.75, 3.05) is 19.6 Å². The molecule has 0 aliphatic rings. The fourth-order valence-electron chi connectivity index (χ4n) is 0.895. The molecule has 72 valence electrons. The van der Waals surface area contributed by atoms with Crippen molar-refractivity contribution in [2.45, 2.75) is 6.92 Å². The zero-order valence-electron chi connectivity index (χ0n) is 8.24. The molecule has 0 aliphatic carbocycles. The van der Waals surface area contributed by atoms with Gasteiger partial charge in [-0.15, -0.1) is 5.73 Å². The monoisotopic (exact) mass is 178 g/mol. The average Bonchev–Trinajstić information content (AvgIpc) is 2.14. The van der Waals surface area contributed by atoms with Crippen LogP contribution in [-0.4, -0.2) is 24.5 Å². The van der Waals surface area contributed by atoms with E-state index in [0.29, 0.717) is 6.54 Å². The molecule has 13 heavy (non-hydrogen) atoms. The lowest BCUT2D eigenvalue weighted by Crippen LogP contribution is -2.17. The molecule has 0 aliphatic heterocycles. The lowest BCUT2D eigenvalue weighted by atomic mass is 10.4. The maximum atomic E-state index is 5.34. The van der Waals surface area contributed by atoms with Crippen molar-refractivity contribution in [3.8, 4) is 0 Å². The van der Waals surface area contributed by atoms with E-state index >= 15 is 0 Å². The quantitative estimate of drug-likeness (QED) is 0.495. The number of allylic oxidation sites excluding steroid dienone is 1. The Morgan fingerprint density at radius 1 is 1.38 bits per heavy atom. The van der Waals surface area contributed by atoms with Crippen molar-refractivity contribution < 1.29 is 0 Å². The molecule has 0 bridgehead atoms. The van der Waals surface area contributed by atoms with Crippen LogP contribution >= 0.6 is 0 Å². The van der Waals surface area contributed by atoms with Gasteiger partial charge in [-0.25, -0.2) is 0 Å². The molecule has 2 heteroatoms. The third kappa shape index (κ3) is 7.13. The minimum Gasteiger partial charge on any atom is -0.370 e. The molecular formula is C11H18N2. The zero-order valence-corrected chi connectivity index (χ0v) is 8.24. The highest BCUT2D eigenvalue weighted by atomic mass is 15.1. The molecule has 0 amide bonds. The first-order valence-electron chi connectivity index (χ1n) is 4.41.